The van der Waals surface area contributed by atoms with Gasteiger partial charge in [0.25, 0.3) is 0 Å². The zero-order valence-corrected chi connectivity index (χ0v) is 28.1. The van der Waals surface area contributed by atoms with E-state index in [0.717, 1.165) is 32.9 Å². The average Bonchev–Trinajstić information content (AvgIpc) is 3.57. The van der Waals surface area contributed by atoms with Gasteiger partial charge in [-0.2, -0.15) is 15.2 Å². The van der Waals surface area contributed by atoms with Gasteiger partial charge in [-0.25, -0.2) is 4.98 Å². The number of hydrogen-bond donors (Lipinski definition) is 0. The maximum atomic E-state index is 10.1. The molecule has 5 heteroatoms. The van der Waals surface area contributed by atoms with Crippen LogP contribution in [0.2, 0.25) is 0 Å². The molecule has 2 heterocycles. The van der Waals surface area contributed by atoms with Gasteiger partial charge in [-0.1, -0.05) is 164 Å². The zero-order valence-electron chi connectivity index (χ0n) is 28.1. The monoisotopic (exact) mass is 665 g/mol. The maximum absolute atomic E-state index is 10.1. The Labute approximate surface area is 301 Å². The number of nitriles is 1. The van der Waals surface area contributed by atoms with Gasteiger partial charge in [0.05, 0.1) is 28.1 Å². The fourth-order valence-corrected chi connectivity index (χ4v) is 7.56. The van der Waals surface area contributed by atoms with E-state index in [9.17, 15) is 5.26 Å². The molecule has 2 aromatic heterocycles. The minimum Gasteiger partial charge on any atom is -0.278 e. The maximum Gasteiger partial charge on any atom is 0.238 e. The van der Waals surface area contributed by atoms with Crippen molar-refractivity contribution >= 4 is 21.8 Å². The number of hydrogen-bond acceptors (Lipinski definition) is 4. The van der Waals surface area contributed by atoms with E-state index in [0.29, 0.717) is 28.7 Å². The van der Waals surface area contributed by atoms with Gasteiger partial charge in [0, 0.05) is 21.9 Å². The SMILES string of the molecule is N#Cc1ccccc1-c1nc(-c2ccc(C(c3ccccc3)(c3ccccc3)c3ccccc3)cc2)nc(-n2c3ccccc3c3ccccc32)n1. The molecule has 0 saturated carbocycles. The predicted molar refractivity (Wildman–Crippen MR) is 208 cm³/mol. The minimum atomic E-state index is -0.577. The quantitative estimate of drug-likeness (QED) is 0.159. The van der Waals surface area contributed by atoms with Gasteiger partial charge in [-0.15, -0.1) is 0 Å². The highest BCUT2D eigenvalue weighted by Gasteiger charge is 2.38. The number of benzene rings is 7. The Hall–Kier alpha value is -7.16. The number of para-hydroxylation sites is 2. The van der Waals surface area contributed by atoms with Crippen LogP contribution in [0.5, 0.6) is 0 Å². The van der Waals surface area contributed by atoms with Gasteiger partial charge in [0.1, 0.15) is 0 Å². The van der Waals surface area contributed by atoms with Gasteiger partial charge in [-0.3, -0.25) is 4.57 Å². The second-order valence-electron chi connectivity index (χ2n) is 12.7. The summed E-state index contributed by atoms with van der Waals surface area (Å²) in [5.74, 6) is 1.45. The first-order chi connectivity index (χ1) is 25.8. The molecule has 0 bridgehead atoms. The first-order valence-electron chi connectivity index (χ1n) is 17.3. The molecular weight excluding hydrogens is 635 g/mol. The van der Waals surface area contributed by atoms with E-state index in [4.69, 9.17) is 15.0 Å². The Morgan fingerprint density at radius 3 is 1.40 bits per heavy atom. The lowest BCUT2D eigenvalue weighted by Crippen LogP contribution is -2.30. The Morgan fingerprint density at radius 1 is 0.423 bits per heavy atom. The third-order valence-electron chi connectivity index (χ3n) is 9.89. The topological polar surface area (TPSA) is 67.4 Å². The molecule has 7 aromatic carbocycles. The van der Waals surface area contributed by atoms with Crippen LogP contribution in [0.4, 0.5) is 0 Å². The Balaban J connectivity index is 1.28. The highest BCUT2D eigenvalue weighted by molar-refractivity contribution is 6.09. The lowest BCUT2D eigenvalue weighted by molar-refractivity contribution is 0.745. The molecule has 0 aliphatic rings. The standard InChI is InChI=1S/C47H31N5/c48-32-34-16-10-11-23-39(34)45-49-44(50-46(51-45)52-42-26-14-12-24-40(42)41-25-13-15-27-43(41)52)33-28-30-38(31-29-33)47(35-17-4-1-5-18-35,36-19-6-2-7-20-36)37-21-8-3-9-22-37/h1-31H. The molecule has 244 valence electrons. The molecular formula is C47H31N5. The van der Waals surface area contributed by atoms with Crippen molar-refractivity contribution in [2.24, 2.45) is 0 Å². The highest BCUT2D eigenvalue weighted by atomic mass is 15.2. The van der Waals surface area contributed by atoms with Gasteiger partial charge >= 0.3 is 0 Å². The van der Waals surface area contributed by atoms with Crippen molar-refractivity contribution in [1.82, 2.24) is 19.5 Å². The molecule has 0 radical (unpaired) electrons. The predicted octanol–water partition coefficient (Wildman–Crippen LogP) is 10.6. The lowest BCUT2D eigenvalue weighted by Gasteiger charge is -2.37. The van der Waals surface area contributed by atoms with E-state index in [1.165, 1.54) is 16.7 Å². The second-order valence-corrected chi connectivity index (χ2v) is 12.7. The third-order valence-corrected chi connectivity index (χ3v) is 9.89. The molecule has 9 aromatic rings. The van der Waals surface area contributed by atoms with Crippen LogP contribution in [-0.4, -0.2) is 19.5 Å². The molecule has 0 spiro atoms. The summed E-state index contributed by atoms with van der Waals surface area (Å²) in [5.41, 5.74) is 8.04. The Bertz CT molecular complexity index is 2580. The van der Waals surface area contributed by atoms with Gasteiger partial charge in [0.15, 0.2) is 11.6 Å². The van der Waals surface area contributed by atoms with E-state index >= 15 is 0 Å². The number of fused-ring (bicyclic) bond motifs is 3. The largest absolute Gasteiger partial charge is 0.278 e. The van der Waals surface area contributed by atoms with Crippen LogP contribution in [0.3, 0.4) is 0 Å². The fourth-order valence-electron chi connectivity index (χ4n) is 7.56. The minimum absolute atomic E-state index is 0.440. The molecule has 0 amide bonds. The molecule has 0 saturated heterocycles. The van der Waals surface area contributed by atoms with Crippen LogP contribution in [-0.2, 0) is 5.41 Å². The van der Waals surface area contributed by atoms with Crippen LogP contribution >= 0.6 is 0 Å². The van der Waals surface area contributed by atoms with Crippen LogP contribution in [0, 0.1) is 11.3 Å². The van der Waals surface area contributed by atoms with E-state index in [-0.39, 0.29) is 0 Å². The van der Waals surface area contributed by atoms with Crippen molar-refractivity contribution in [3.63, 3.8) is 0 Å². The van der Waals surface area contributed by atoms with Crippen LogP contribution < -0.4 is 0 Å². The average molecular weight is 666 g/mol. The molecule has 0 fully saturated rings. The van der Waals surface area contributed by atoms with Gasteiger partial charge in [0.2, 0.25) is 5.95 Å². The first kappa shape index (κ1) is 30.9. The summed E-state index contributed by atoms with van der Waals surface area (Å²) < 4.78 is 2.09. The summed E-state index contributed by atoms with van der Waals surface area (Å²) in [6, 6.07) is 67.0. The summed E-state index contributed by atoms with van der Waals surface area (Å²) in [5, 5.41) is 12.3. The van der Waals surface area contributed by atoms with E-state index in [1.807, 2.05) is 30.3 Å². The fraction of sp³-hybridized carbons (Fsp3) is 0.0213. The normalized spacial score (nSPS) is 11.4. The summed E-state index contributed by atoms with van der Waals surface area (Å²) in [6.45, 7) is 0. The van der Waals surface area contributed by atoms with E-state index in [1.54, 1.807) is 6.07 Å². The van der Waals surface area contributed by atoms with Crippen molar-refractivity contribution in [2.75, 3.05) is 0 Å². The van der Waals surface area contributed by atoms with Gasteiger partial charge in [-0.05, 0) is 46.5 Å². The molecule has 52 heavy (non-hydrogen) atoms. The summed E-state index contributed by atoms with van der Waals surface area (Å²) in [7, 11) is 0. The second kappa shape index (κ2) is 12.9. The van der Waals surface area contributed by atoms with E-state index < -0.39 is 5.41 Å². The molecule has 9 rings (SSSR count). The highest BCUT2D eigenvalue weighted by Crippen LogP contribution is 2.45. The van der Waals surface area contributed by atoms with E-state index in [2.05, 4.69) is 162 Å². The first-order valence-corrected chi connectivity index (χ1v) is 17.3. The van der Waals surface area contributed by atoms with Crippen molar-refractivity contribution in [3.05, 3.63) is 216 Å². The number of nitrogens with zero attached hydrogens (tertiary/aromatic N) is 5. The summed E-state index contributed by atoms with van der Waals surface area (Å²) in [6.07, 6.45) is 0. The van der Waals surface area contributed by atoms with Gasteiger partial charge < -0.3 is 0 Å². The summed E-state index contributed by atoms with van der Waals surface area (Å²) >= 11 is 0. The summed E-state index contributed by atoms with van der Waals surface area (Å²) in [4.78, 5) is 15.2. The number of aromatic nitrogens is 4. The van der Waals surface area contributed by atoms with Crippen LogP contribution in [0.25, 0.3) is 50.5 Å². The molecule has 0 aliphatic heterocycles. The zero-order chi connectivity index (χ0) is 34.9. The van der Waals surface area contributed by atoms with Crippen molar-refractivity contribution in [2.45, 2.75) is 5.41 Å². The third kappa shape index (κ3) is 5.05. The molecule has 0 atom stereocenters. The Kier molecular flexibility index (Phi) is 7.68. The van der Waals surface area contributed by atoms with Crippen molar-refractivity contribution in [1.29, 1.82) is 5.26 Å². The van der Waals surface area contributed by atoms with Crippen molar-refractivity contribution < 1.29 is 0 Å². The lowest BCUT2D eigenvalue weighted by atomic mass is 9.65. The molecule has 5 nitrogen and oxygen atoms in total. The molecule has 0 unspecified atom stereocenters. The Morgan fingerprint density at radius 2 is 0.865 bits per heavy atom. The molecule has 0 aliphatic carbocycles. The smallest absolute Gasteiger partial charge is 0.238 e. The van der Waals surface area contributed by atoms with Crippen LogP contribution in [0.1, 0.15) is 27.8 Å². The number of rotatable bonds is 7. The molecule has 0 N–H and O–H groups in total. The van der Waals surface area contributed by atoms with Crippen molar-refractivity contribution in [3.8, 4) is 34.8 Å². The van der Waals surface area contributed by atoms with Crippen LogP contribution in [0.15, 0.2) is 188 Å².